The van der Waals surface area contributed by atoms with E-state index < -0.39 is 11.1 Å². The summed E-state index contributed by atoms with van der Waals surface area (Å²) in [6, 6.07) is 10.5. The number of aromatic hydroxyl groups is 1. The molecule has 140 valence electrons. The number of pyridine rings is 2. The van der Waals surface area contributed by atoms with E-state index in [0.29, 0.717) is 23.1 Å². The van der Waals surface area contributed by atoms with Crippen LogP contribution < -0.4 is 11.1 Å². The second-order valence-corrected chi connectivity index (χ2v) is 6.13. The Morgan fingerprint density at radius 2 is 2.00 bits per heavy atom. The molecule has 8 heteroatoms. The van der Waals surface area contributed by atoms with E-state index in [4.69, 9.17) is 0 Å². The smallest absolute Gasteiger partial charge is 0.273 e. The molecule has 0 radical (unpaired) electrons. The average Bonchev–Trinajstić information content (AvgIpc) is 3.08. The number of aryl methyl sites for hydroxylation is 1. The topological polar surface area (TPSA) is 116 Å². The number of aromatic amines is 2. The number of nitrogens with zero attached hydrogens (tertiary/aromatic N) is 3. The van der Waals surface area contributed by atoms with Crippen LogP contribution >= 0.6 is 0 Å². The molecule has 0 unspecified atom stereocenters. The zero-order valence-corrected chi connectivity index (χ0v) is 15.0. The first-order valence-corrected chi connectivity index (χ1v) is 8.71. The van der Waals surface area contributed by atoms with Crippen molar-refractivity contribution in [1.29, 1.82) is 0 Å². The van der Waals surface area contributed by atoms with Gasteiger partial charge < -0.3 is 9.67 Å². The van der Waals surface area contributed by atoms with E-state index in [-0.39, 0.29) is 22.6 Å². The van der Waals surface area contributed by atoms with Gasteiger partial charge in [0.15, 0.2) is 0 Å². The molecule has 28 heavy (non-hydrogen) atoms. The van der Waals surface area contributed by atoms with Crippen LogP contribution in [0.15, 0.2) is 63.4 Å². The van der Waals surface area contributed by atoms with Crippen LogP contribution in [0.3, 0.4) is 0 Å². The van der Waals surface area contributed by atoms with Crippen molar-refractivity contribution in [3.05, 3.63) is 75.1 Å². The zero-order valence-electron chi connectivity index (χ0n) is 15.0. The van der Waals surface area contributed by atoms with E-state index in [0.717, 1.165) is 0 Å². The van der Waals surface area contributed by atoms with Crippen LogP contribution in [0.1, 0.15) is 12.5 Å². The second kappa shape index (κ2) is 6.99. The SMILES string of the molecule is CCn1c(=O)c(-c2[nH][nH]c(=O)c2C=Nc2cccnc2)c(O)c2ccccc21. The molecule has 0 aliphatic carbocycles. The molecule has 0 saturated heterocycles. The quantitative estimate of drug-likeness (QED) is 0.475. The molecule has 3 N–H and O–H groups in total. The van der Waals surface area contributed by atoms with Crippen molar-refractivity contribution in [2.24, 2.45) is 4.99 Å². The third kappa shape index (κ3) is 2.81. The first-order valence-electron chi connectivity index (χ1n) is 8.71. The van der Waals surface area contributed by atoms with Crippen LogP contribution in [0.25, 0.3) is 22.2 Å². The molecular weight excluding hydrogens is 358 g/mol. The molecule has 0 spiro atoms. The van der Waals surface area contributed by atoms with Gasteiger partial charge in [-0.1, -0.05) is 12.1 Å². The van der Waals surface area contributed by atoms with Gasteiger partial charge in [0.05, 0.1) is 28.7 Å². The maximum atomic E-state index is 13.1. The number of H-pyrrole nitrogens is 2. The van der Waals surface area contributed by atoms with Gasteiger partial charge in [0.25, 0.3) is 11.1 Å². The van der Waals surface area contributed by atoms with Crippen LogP contribution in [0.5, 0.6) is 5.75 Å². The summed E-state index contributed by atoms with van der Waals surface area (Å²) in [5.74, 6) is -0.184. The lowest BCUT2D eigenvalue weighted by Gasteiger charge is -2.13. The third-order valence-electron chi connectivity index (χ3n) is 4.52. The van der Waals surface area contributed by atoms with Gasteiger partial charge in [-0.3, -0.25) is 29.8 Å². The monoisotopic (exact) mass is 375 g/mol. The predicted octanol–water partition coefficient (Wildman–Crippen LogP) is 2.56. The Kier molecular flexibility index (Phi) is 4.36. The Bertz CT molecular complexity index is 1300. The molecule has 4 aromatic rings. The van der Waals surface area contributed by atoms with Crippen LogP contribution in [0.4, 0.5) is 5.69 Å². The molecule has 0 aliphatic heterocycles. The number of para-hydroxylation sites is 1. The van der Waals surface area contributed by atoms with Crippen LogP contribution in [0.2, 0.25) is 0 Å². The summed E-state index contributed by atoms with van der Waals surface area (Å²) in [4.78, 5) is 33.6. The summed E-state index contributed by atoms with van der Waals surface area (Å²) in [7, 11) is 0. The minimum atomic E-state index is -0.447. The van der Waals surface area contributed by atoms with Gasteiger partial charge in [-0.2, -0.15) is 0 Å². The Balaban J connectivity index is 1.97. The summed E-state index contributed by atoms with van der Waals surface area (Å²) in [6.45, 7) is 2.26. The fourth-order valence-electron chi connectivity index (χ4n) is 3.19. The standard InChI is InChI=1S/C20H17N5O3/c1-2-25-15-8-4-3-7-13(15)18(26)16(20(25)28)17-14(19(27)24-23-17)11-22-12-6-5-9-21-10-12/h3-11,26H,2H2,1H3,(H2,23,24,27). The molecule has 4 rings (SSSR count). The molecule has 0 amide bonds. The fourth-order valence-corrected chi connectivity index (χ4v) is 3.19. The molecule has 1 aromatic carbocycles. The summed E-state index contributed by atoms with van der Waals surface area (Å²) in [6.07, 6.45) is 4.52. The number of benzene rings is 1. The molecule has 3 heterocycles. The Morgan fingerprint density at radius 3 is 2.75 bits per heavy atom. The maximum absolute atomic E-state index is 13.1. The number of nitrogens with one attached hydrogen (secondary N) is 2. The van der Waals surface area contributed by atoms with Gasteiger partial charge in [-0.25, -0.2) is 0 Å². The van der Waals surface area contributed by atoms with E-state index in [1.165, 1.54) is 6.21 Å². The van der Waals surface area contributed by atoms with Gasteiger partial charge in [-0.05, 0) is 31.2 Å². The first-order chi connectivity index (χ1) is 13.6. The van der Waals surface area contributed by atoms with Crippen molar-refractivity contribution < 1.29 is 5.11 Å². The van der Waals surface area contributed by atoms with Gasteiger partial charge in [0, 0.05) is 24.3 Å². The first kappa shape index (κ1) is 17.5. The zero-order chi connectivity index (χ0) is 19.7. The molecule has 0 aliphatic rings. The summed E-state index contributed by atoms with van der Waals surface area (Å²) in [5, 5.41) is 16.5. The van der Waals surface area contributed by atoms with Gasteiger partial charge >= 0.3 is 0 Å². The minimum Gasteiger partial charge on any atom is -0.506 e. The van der Waals surface area contributed by atoms with Crippen LogP contribution in [-0.2, 0) is 6.54 Å². The van der Waals surface area contributed by atoms with Crippen molar-refractivity contribution in [2.75, 3.05) is 0 Å². The maximum Gasteiger partial charge on any atom is 0.273 e. The van der Waals surface area contributed by atoms with E-state index in [2.05, 4.69) is 20.2 Å². The molecular formula is C20H17N5O3. The molecule has 0 saturated carbocycles. The van der Waals surface area contributed by atoms with E-state index in [1.54, 1.807) is 53.4 Å². The fraction of sp³-hybridized carbons (Fsp3) is 0.100. The van der Waals surface area contributed by atoms with Crippen LogP contribution in [0, 0.1) is 0 Å². The number of hydrogen-bond acceptors (Lipinski definition) is 5. The van der Waals surface area contributed by atoms with Crippen molar-refractivity contribution in [2.45, 2.75) is 13.5 Å². The Labute approximate surface area is 158 Å². The summed E-state index contributed by atoms with van der Waals surface area (Å²) in [5.41, 5.74) is 0.693. The largest absolute Gasteiger partial charge is 0.506 e. The minimum absolute atomic E-state index is 0.0199. The highest BCUT2D eigenvalue weighted by Gasteiger charge is 2.21. The van der Waals surface area contributed by atoms with E-state index in [9.17, 15) is 14.7 Å². The lowest BCUT2D eigenvalue weighted by Crippen LogP contribution is -2.22. The van der Waals surface area contributed by atoms with Gasteiger partial charge in [-0.15, -0.1) is 0 Å². The van der Waals surface area contributed by atoms with E-state index in [1.807, 2.05) is 6.92 Å². The number of hydrogen-bond donors (Lipinski definition) is 3. The highest BCUT2D eigenvalue weighted by Crippen LogP contribution is 2.32. The van der Waals surface area contributed by atoms with Crippen molar-refractivity contribution >= 4 is 22.8 Å². The van der Waals surface area contributed by atoms with Gasteiger partial charge in [0.2, 0.25) is 0 Å². The summed E-state index contributed by atoms with van der Waals surface area (Å²) >= 11 is 0. The number of fused-ring (bicyclic) bond motifs is 1. The summed E-state index contributed by atoms with van der Waals surface area (Å²) < 4.78 is 1.55. The number of aliphatic imine (C=N–C) groups is 1. The lowest BCUT2D eigenvalue weighted by atomic mass is 10.0. The number of aromatic nitrogens is 4. The molecule has 3 aromatic heterocycles. The highest BCUT2D eigenvalue weighted by molar-refractivity contribution is 5.96. The molecule has 0 fully saturated rings. The van der Waals surface area contributed by atoms with Crippen molar-refractivity contribution in [3.63, 3.8) is 0 Å². The Hall–Kier alpha value is -3.94. The van der Waals surface area contributed by atoms with Gasteiger partial charge in [0.1, 0.15) is 11.3 Å². The average molecular weight is 375 g/mol. The van der Waals surface area contributed by atoms with Crippen molar-refractivity contribution in [3.8, 4) is 17.0 Å². The third-order valence-corrected chi connectivity index (χ3v) is 4.52. The number of rotatable bonds is 4. The highest BCUT2D eigenvalue weighted by atomic mass is 16.3. The lowest BCUT2D eigenvalue weighted by molar-refractivity contribution is 0.481. The van der Waals surface area contributed by atoms with E-state index >= 15 is 0 Å². The second-order valence-electron chi connectivity index (χ2n) is 6.13. The molecule has 0 bridgehead atoms. The van der Waals surface area contributed by atoms with Crippen LogP contribution in [-0.4, -0.2) is 31.1 Å². The van der Waals surface area contributed by atoms with Crippen molar-refractivity contribution in [1.82, 2.24) is 19.7 Å². The normalized spacial score (nSPS) is 11.5. The Morgan fingerprint density at radius 1 is 1.18 bits per heavy atom. The molecule has 0 atom stereocenters. The molecule has 8 nitrogen and oxygen atoms in total. The predicted molar refractivity (Wildman–Crippen MR) is 107 cm³/mol.